The van der Waals surface area contributed by atoms with Gasteiger partial charge in [-0.3, -0.25) is 19.3 Å². The predicted molar refractivity (Wildman–Crippen MR) is 101 cm³/mol. The van der Waals surface area contributed by atoms with Crippen molar-refractivity contribution in [3.8, 4) is 5.75 Å². The number of hydrogen-bond donors (Lipinski definition) is 1. The Kier molecular flexibility index (Phi) is 6.59. The van der Waals surface area contributed by atoms with E-state index in [0.29, 0.717) is 44.1 Å². The van der Waals surface area contributed by atoms with Gasteiger partial charge in [-0.2, -0.15) is 5.10 Å². The van der Waals surface area contributed by atoms with Crippen LogP contribution < -0.4 is 10.1 Å². The Morgan fingerprint density at radius 2 is 2.21 bits per heavy atom. The van der Waals surface area contributed by atoms with Crippen molar-refractivity contribution in [3.05, 3.63) is 42.5 Å². The van der Waals surface area contributed by atoms with Crippen LogP contribution in [0.5, 0.6) is 5.75 Å². The van der Waals surface area contributed by atoms with Crippen molar-refractivity contribution >= 4 is 11.8 Å². The number of likely N-dealkylation sites (tertiary alicyclic amines) is 1. The number of carbonyl (C=O) groups is 2. The normalized spacial score (nSPS) is 18.9. The molecule has 0 radical (unpaired) electrons. The topological polar surface area (TPSA) is 98.6 Å². The minimum Gasteiger partial charge on any atom is -0.487 e. The lowest BCUT2D eigenvalue weighted by Crippen LogP contribution is -2.46. The lowest BCUT2D eigenvalue weighted by molar-refractivity contribution is -0.125. The van der Waals surface area contributed by atoms with Crippen LogP contribution in [0.3, 0.4) is 0 Å². The lowest BCUT2D eigenvalue weighted by Gasteiger charge is -2.22. The summed E-state index contributed by atoms with van der Waals surface area (Å²) in [5.74, 6) is 0.101. The zero-order valence-electron chi connectivity index (χ0n) is 16.1. The average molecular weight is 387 g/mol. The van der Waals surface area contributed by atoms with Gasteiger partial charge in [0.1, 0.15) is 23.6 Å². The number of aromatic nitrogens is 3. The Morgan fingerprint density at radius 1 is 1.36 bits per heavy atom. The first-order valence-electron chi connectivity index (χ1n) is 9.30. The molecule has 1 N–H and O–H groups in total. The number of nitrogens with zero attached hydrogens (tertiary/aromatic N) is 4. The van der Waals surface area contributed by atoms with Gasteiger partial charge in [0.15, 0.2) is 0 Å². The van der Waals surface area contributed by atoms with Crippen LogP contribution in [-0.4, -0.2) is 70.4 Å². The second-order valence-electron chi connectivity index (χ2n) is 6.48. The van der Waals surface area contributed by atoms with Gasteiger partial charge in [0, 0.05) is 39.0 Å². The van der Waals surface area contributed by atoms with Crippen molar-refractivity contribution in [2.24, 2.45) is 0 Å². The largest absolute Gasteiger partial charge is 0.487 e. The summed E-state index contributed by atoms with van der Waals surface area (Å²) in [6.45, 7) is 3.70. The molecule has 0 aromatic carbocycles. The standard InChI is InChI=1S/C19H25N5O4/c1-3-23-9-6-16(22-23)19(26)24-13-15(28-14-5-4-7-20-12-14)11-17(24)18(25)21-8-10-27-2/h4-7,9,12,15,17H,3,8,10-11,13H2,1-2H3,(H,21,25)/t15-,17-/m0/s1. The van der Waals surface area contributed by atoms with Crippen LogP contribution >= 0.6 is 0 Å². The highest BCUT2D eigenvalue weighted by molar-refractivity contribution is 5.96. The van der Waals surface area contributed by atoms with Crippen molar-refractivity contribution in [2.75, 3.05) is 26.8 Å². The highest BCUT2D eigenvalue weighted by Gasteiger charge is 2.41. The molecule has 28 heavy (non-hydrogen) atoms. The Labute approximate surface area is 163 Å². The smallest absolute Gasteiger partial charge is 0.275 e. The summed E-state index contributed by atoms with van der Waals surface area (Å²) in [5.41, 5.74) is 0.318. The van der Waals surface area contributed by atoms with Crippen LogP contribution in [-0.2, 0) is 16.1 Å². The van der Waals surface area contributed by atoms with E-state index < -0.39 is 6.04 Å². The first kappa shape index (κ1) is 19.8. The Bertz CT molecular complexity index is 795. The van der Waals surface area contributed by atoms with Crippen molar-refractivity contribution in [3.63, 3.8) is 0 Å². The molecule has 1 saturated heterocycles. The first-order valence-corrected chi connectivity index (χ1v) is 9.30. The number of ether oxygens (including phenoxy) is 2. The van der Waals surface area contributed by atoms with E-state index in [1.165, 1.54) is 4.90 Å². The van der Waals surface area contributed by atoms with E-state index in [-0.39, 0.29) is 17.9 Å². The molecule has 3 heterocycles. The quantitative estimate of drug-likeness (QED) is 0.671. The molecule has 3 rings (SSSR count). The van der Waals surface area contributed by atoms with Crippen LogP contribution in [0.15, 0.2) is 36.8 Å². The number of amides is 2. The molecule has 0 aliphatic carbocycles. The van der Waals surface area contributed by atoms with Gasteiger partial charge in [0.25, 0.3) is 5.91 Å². The summed E-state index contributed by atoms with van der Waals surface area (Å²) in [4.78, 5) is 31.2. The third-order valence-corrected chi connectivity index (χ3v) is 4.55. The first-order chi connectivity index (χ1) is 13.6. The Morgan fingerprint density at radius 3 is 2.89 bits per heavy atom. The van der Waals surface area contributed by atoms with Gasteiger partial charge in [-0.05, 0) is 25.1 Å². The average Bonchev–Trinajstić information content (AvgIpc) is 3.35. The molecule has 1 aliphatic heterocycles. The molecule has 1 aliphatic rings. The molecule has 9 nitrogen and oxygen atoms in total. The number of carbonyl (C=O) groups excluding carboxylic acids is 2. The third kappa shape index (κ3) is 4.66. The van der Waals surface area contributed by atoms with E-state index in [9.17, 15) is 9.59 Å². The van der Waals surface area contributed by atoms with Crippen molar-refractivity contribution in [1.82, 2.24) is 25.0 Å². The number of rotatable bonds is 8. The second-order valence-corrected chi connectivity index (χ2v) is 6.48. The number of aryl methyl sites for hydroxylation is 1. The van der Waals surface area contributed by atoms with Gasteiger partial charge in [-0.15, -0.1) is 0 Å². The van der Waals surface area contributed by atoms with Gasteiger partial charge in [-0.25, -0.2) is 0 Å². The Balaban J connectivity index is 1.74. The van der Waals surface area contributed by atoms with E-state index in [1.807, 2.05) is 6.92 Å². The molecule has 2 aromatic heterocycles. The molecule has 2 aromatic rings. The minimum atomic E-state index is -0.627. The molecule has 2 amide bonds. The molecular weight excluding hydrogens is 362 g/mol. The number of pyridine rings is 1. The summed E-state index contributed by atoms with van der Waals surface area (Å²) in [6.07, 6.45) is 5.11. The molecule has 150 valence electrons. The second kappa shape index (κ2) is 9.32. The SMILES string of the molecule is CCn1ccc(C(=O)N2C[C@@H](Oc3cccnc3)C[C@H]2C(=O)NCCOC)n1. The van der Waals surface area contributed by atoms with Gasteiger partial charge in [0.05, 0.1) is 19.3 Å². The fourth-order valence-corrected chi connectivity index (χ4v) is 3.16. The maximum atomic E-state index is 13.0. The summed E-state index contributed by atoms with van der Waals surface area (Å²) < 4.78 is 12.6. The lowest BCUT2D eigenvalue weighted by atomic mass is 10.1. The zero-order valence-corrected chi connectivity index (χ0v) is 16.1. The fraction of sp³-hybridized carbons (Fsp3) is 0.474. The molecule has 1 fully saturated rings. The van der Waals surface area contributed by atoms with Crippen LogP contribution in [0.2, 0.25) is 0 Å². The highest BCUT2D eigenvalue weighted by Crippen LogP contribution is 2.24. The molecule has 0 bridgehead atoms. The van der Waals surface area contributed by atoms with Crippen molar-refractivity contribution in [2.45, 2.75) is 32.0 Å². The van der Waals surface area contributed by atoms with E-state index in [2.05, 4.69) is 15.4 Å². The Hall–Kier alpha value is -2.94. The van der Waals surface area contributed by atoms with E-state index in [0.717, 1.165) is 0 Å². The third-order valence-electron chi connectivity index (χ3n) is 4.55. The van der Waals surface area contributed by atoms with E-state index in [1.54, 1.807) is 48.6 Å². The number of methoxy groups -OCH3 is 1. The maximum Gasteiger partial charge on any atom is 0.275 e. The van der Waals surface area contributed by atoms with Crippen LogP contribution in [0.1, 0.15) is 23.8 Å². The minimum absolute atomic E-state index is 0.224. The van der Waals surface area contributed by atoms with Crippen LogP contribution in [0.25, 0.3) is 0 Å². The monoisotopic (exact) mass is 387 g/mol. The fourth-order valence-electron chi connectivity index (χ4n) is 3.16. The van der Waals surface area contributed by atoms with Gasteiger partial charge in [0.2, 0.25) is 5.91 Å². The maximum absolute atomic E-state index is 13.0. The summed E-state index contributed by atoms with van der Waals surface area (Å²) in [7, 11) is 1.57. The number of nitrogens with one attached hydrogen (secondary N) is 1. The molecular formula is C19H25N5O4. The van der Waals surface area contributed by atoms with Crippen LogP contribution in [0, 0.1) is 0 Å². The van der Waals surface area contributed by atoms with Crippen molar-refractivity contribution in [1.29, 1.82) is 0 Å². The van der Waals surface area contributed by atoms with E-state index >= 15 is 0 Å². The van der Waals surface area contributed by atoms with Gasteiger partial charge < -0.3 is 19.7 Å². The molecule has 0 unspecified atom stereocenters. The molecule has 9 heteroatoms. The number of hydrogen-bond acceptors (Lipinski definition) is 6. The molecule has 0 spiro atoms. The van der Waals surface area contributed by atoms with Gasteiger partial charge in [-0.1, -0.05) is 0 Å². The summed E-state index contributed by atoms with van der Waals surface area (Å²) >= 11 is 0. The zero-order chi connectivity index (χ0) is 19.9. The van der Waals surface area contributed by atoms with E-state index in [4.69, 9.17) is 9.47 Å². The predicted octanol–water partition coefficient (Wildman–Crippen LogP) is 0.723. The van der Waals surface area contributed by atoms with Crippen LogP contribution in [0.4, 0.5) is 0 Å². The summed E-state index contributed by atoms with van der Waals surface area (Å²) in [5, 5.41) is 7.09. The van der Waals surface area contributed by atoms with Crippen molar-refractivity contribution < 1.29 is 19.1 Å². The molecule has 2 atom stereocenters. The highest BCUT2D eigenvalue weighted by atomic mass is 16.5. The summed E-state index contributed by atoms with van der Waals surface area (Å²) in [6, 6.07) is 4.62. The molecule has 0 saturated carbocycles. The van der Waals surface area contributed by atoms with Gasteiger partial charge >= 0.3 is 0 Å².